The number of nitrogens with one attached hydrogen (secondary N) is 2. The van der Waals surface area contributed by atoms with Crippen LogP contribution in [0, 0.1) is 0 Å². The van der Waals surface area contributed by atoms with Gasteiger partial charge in [0.25, 0.3) is 0 Å². The average molecular weight is 483 g/mol. The Morgan fingerprint density at radius 1 is 1.15 bits per heavy atom. The predicted octanol–water partition coefficient (Wildman–Crippen LogP) is 3.07. The van der Waals surface area contributed by atoms with Crippen LogP contribution in [0.25, 0.3) is 0 Å². The smallest absolute Gasteiger partial charge is 0.191 e. The van der Waals surface area contributed by atoms with Crippen molar-refractivity contribution < 1.29 is 4.74 Å². The van der Waals surface area contributed by atoms with Crippen LogP contribution in [0.15, 0.2) is 53.7 Å². The Bertz CT molecular complexity index is 677. The molecule has 148 valence electrons. The fraction of sp³-hybridized carbons (Fsp3) is 0.400. The number of likely N-dealkylation sites (N-methyl/N-ethyl adjacent to an activating group) is 1. The van der Waals surface area contributed by atoms with Crippen LogP contribution in [-0.2, 0) is 6.54 Å². The first-order chi connectivity index (χ1) is 12.6. The molecular formula is C20H30IN5O. The van der Waals surface area contributed by atoms with Crippen LogP contribution >= 0.6 is 24.0 Å². The molecule has 2 N–H and O–H groups in total. The summed E-state index contributed by atoms with van der Waals surface area (Å²) >= 11 is 0. The van der Waals surface area contributed by atoms with E-state index in [1.807, 2.05) is 30.3 Å². The third-order valence-electron chi connectivity index (χ3n) is 4.06. The summed E-state index contributed by atoms with van der Waals surface area (Å²) in [6, 6.07) is 14.3. The number of aliphatic imine (C=N–C) groups is 1. The molecule has 0 aliphatic rings. The zero-order valence-electron chi connectivity index (χ0n) is 16.5. The van der Waals surface area contributed by atoms with Crippen LogP contribution in [0.5, 0.6) is 5.75 Å². The normalized spacial score (nSPS) is 12.3. The van der Waals surface area contributed by atoms with Crippen molar-refractivity contribution in [2.24, 2.45) is 4.99 Å². The fourth-order valence-corrected chi connectivity index (χ4v) is 2.61. The summed E-state index contributed by atoms with van der Waals surface area (Å²) in [6.45, 7) is 4.16. The number of benzene rings is 1. The van der Waals surface area contributed by atoms with Crippen molar-refractivity contribution in [1.82, 2.24) is 20.5 Å². The molecule has 0 amide bonds. The van der Waals surface area contributed by atoms with Gasteiger partial charge in [-0.2, -0.15) is 0 Å². The van der Waals surface area contributed by atoms with Crippen molar-refractivity contribution >= 4 is 29.9 Å². The summed E-state index contributed by atoms with van der Waals surface area (Å²) in [5.41, 5.74) is 2.17. The van der Waals surface area contributed by atoms with Gasteiger partial charge in [-0.15, -0.1) is 24.0 Å². The molecule has 0 radical (unpaired) electrons. The molecule has 7 heteroatoms. The highest BCUT2D eigenvalue weighted by Gasteiger charge is 2.14. The largest absolute Gasteiger partial charge is 0.497 e. The SMILES string of the molecule is CCNC(=NCc1ccccn1)NCC(c1ccc(OC)cc1)N(C)C.I. The van der Waals surface area contributed by atoms with E-state index in [0.29, 0.717) is 6.54 Å². The van der Waals surface area contributed by atoms with Crippen LogP contribution < -0.4 is 15.4 Å². The lowest BCUT2D eigenvalue weighted by Gasteiger charge is -2.26. The standard InChI is InChI=1S/C20H29N5O.HI/c1-5-21-20(23-14-17-8-6-7-13-22-17)24-15-19(25(2)3)16-9-11-18(26-4)12-10-16;/h6-13,19H,5,14-15H2,1-4H3,(H2,21,23,24);1H. The fourth-order valence-electron chi connectivity index (χ4n) is 2.61. The monoisotopic (exact) mass is 483 g/mol. The van der Waals surface area contributed by atoms with Crippen molar-refractivity contribution in [3.8, 4) is 5.75 Å². The second-order valence-corrected chi connectivity index (χ2v) is 6.15. The molecule has 0 fully saturated rings. The van der Waals surface area contributed by atoms with E-state index in [9.17, 15) is 0 Å². The second kappa shape index (κ2) is 12.5. The minimum atomic E-state index is 0. The Morgan fingerprint density at radius 3 is 2.44 bits per heavy atom. The van der Waals surface area contributed by atoms with Gasteiger partial charge in [0.1, 0.15) is 5.75 Å². The van der Waals surface area contributed by atoms with E-state index >= 15 is 0 Å². The topological polar surface area (TPSA) is 61.8 Å². The van der Waals surface area contributed by atoms with Crippen LogP contribution in [-0.4, -0.2) is 50.1 Å². The molecule has 1 aromatic heterocycles. The van der Waals surface area contributed by atoms with Crippen LogP contribution in [0.2, 0.25) is 0 Å². The number of methoxy groups -OCH3 is 1. The molecule has 6 nitrogen and oxygen atoms in total. The summed E-state index contributed by atoms with van der Waals surface area (Å²) in [7, 11) is 5.84. The first-order valence-corrected chi connectivity index (χ1v) is 8.86. The number of halogens is 1. The zero-order chi connectivity index (χ0) is 18.8. The molecule has 0 aliphatic heterocycles. The van der Waals surface area contributed by atoms with Gasteiger partial charge in [-0.25, -0.2) is 4.99 Å². The van der Waals surface area contributed by atoms with Gasteiger partial charge in [-0.1, -0.05) is 18.2 Å². The number of aromatic nitrogens is 1. The molecule has 0 spiro atoms. The van der Waals surface area contributed by atoms with Crippen LogP contribution in [0.3, 0.4) is 0 Å². The van der Waals surface area contributed by atoms with E-state index in [1.165, 1.54) is 5.56 Å². The summed E-state index contributed by atoms with van der Waals surface area (Å²) in [4.78, 5) is 11.1. The molecule has 27 heavy (non-hydrogen) atoms. The Kier molecular flexibility index (Phi) is 10.7. The number of rotatable bonds is 8. The van der Waals surface area contributed by atoms with E-state index in [-0.39, 0.29) is 30.0 Å². The molecule has 0 saturated heterocycles. The maximum atomic E-state index is 5.25. The lowest BCUT2D eigenvalue weighted by atomic mass is 10.1. The van der Waals surface area contributed by atoms with Gasteiger partial charge in [0.05, 0.1) is 25.4 Å². The third-order valence-corrected chi connectivity index (χ3v) is 4.06. The lowest BCUT2D eigenvalue weighted by molar-refractivity contribution is 0.298. The Morgan fingerprint density at radius 2 is 1.89 bits per heavy atom. The van der Waals surface area contributed by atoms with E-state index in [1.54, 1.807) is 13.3 Å². The van der Waals surface area contributed by atoms with Gasteiger partial charge in [0.2, 0.25) is 0 Å². The quantitative estimate of drug-likeness (QED) is 0.344. The minimum Gasteiger partial charge on any atom is -0.497 e. The second-order valence-electron chi connectivity index (χ2n) is 6.15. The van der Waals surface area contributed by atoms with E-state index in [0.717, 1.165) is 30.5 Å². The first kappa shape index (κ1) is 23.2. The third kappa shape index (κ3) is 7.72. The van der Waals surface area contributed by atoms with Crippen LogP contribution in [0.4, 0.5) is 0 Å². The van der Waals surface area contributed by atoms with Crippen molar-refractivity contribution in [1.29, 1.82) is 0 Å². The number of hydrogen-bond acceptors (Lipinski definition) is 4. The molecule has 2 aromatic rings. The summed E-state index contributed by atoms with van der Waals surface area (Å²) < 4.78 is 5.25. The molecule has 1 heterocycles. The predicted molar refractivity (Wildman–Crippen MR) is 122 cm³/mol. The summed E-state index contributed by atoms with van der Waals surface area (Å²) in [6.07, 6.45) is 1.79. The highest BCUT2D eigenvalue weighted by atomic mass is 127. The number of nitrogens with zero attached hydrogens (tertiary/aromatic N) is 3. The van der Waals surface area contributed by atoms with E-state index in [2.05, 4.69) is 58.7 Å². The summed E-state index contributed by atoms with van der Waals surface area (Å²) in [5, 5.41) is 6.73. The molecule has 1 atom stereocenters. The molecule has 2 rings (SSSR count). The minimum absolute atomic E-state index is 0. The maximum Gasteiger partial charge on any atom is 0.191 e. The molecular weight excluding hydrogens is 453 g/mol. The van der Waals surface area contributed by atoms with Crippen molar-refractivity contribution in [2.75, 3.05) is 34.3 Å². The van der Waals surface area contributed by atoms with Crippen molar-refractivity contribution in [3.05, 3.63) is 59.9 Å². The van der Waals surface area contributed by atoms with E-state index in [4.69, 9.17) is 4.74 Å². The molecule has 0 aliphatic carbocycles. The van der Waals surface area contributed by atoms with Crippen LogP contribution in [0.1, 0.15) is 24.2 Å². The average Bonchev–Trinajstić information content (AvgIpc) is 2.67. The first-order valence-electron chi connectivity index (χ1n) is 8.86. The van der Waals surface area contributed by atoms with Gasteiger partial charge in [-0.3, -0.25) is 4.98 Å². The van der Waals surface area contributed by atoms with Gasteiger partial charge in [0, 0.05) is 19.3 Å². The van der Waals surface area contributed by atoms with Gasteiger partial charge in [0.15, 0.2) is 5.96 Å². The van der Waals surface area contributed by atoms with E-state index < -0.39 is 0 Å². The Hall–Kier alpha value is -1.87. The molecule has 1 unspecified atom stereocenters. The van der Waals surface area contributed by atoms with Gasteiger partial charge in [-0.05, 0) is 50.8 Å². The maximum absolute atomic E-state index is 5.25. The number of pyridine rings is 1. The number of hydrogen-bond donors (Lipinski definition) is 2. The lowest BCUT2D eigenvalue weighted by Crippen LogP contribution is -2.41. The summed E-state index contributed by atoms with van der Waals surface area (Å²) in [5.74, 6) is 1.66. The highest BCUT2D eigenvalue weighted by Crippen LogP contribution is 2.20. The zero-order valence-corrected chi connectivity index (χ0v) is 18.8. The molecule has 0 bridgehead atoms. The molecule has 1 aromatic carbocycles. The van der Waals surface area contributed by atoms with Crippen molar-refractivity contribution in [3.63, 3.8) is 0 Å². The Labute approximate surface area is 179 Å². The highest BCUT2D eigenvalue weighted by molar-refractivity contribution is 14.0. The molecule has 0 saturated carbocycles. The number of ether oxygens (including phenoxy) is 1. The van der Waals surface area contributed by atoms with Crippen molar-refractivity contribution in [2.45, 2.75) is 19.5 Å². The Balaban J connectivity index is 0.00000364. The van der Waals surface area contributed by atoms with Gasteiger partial charge < -0.3 is 20.3 Å². The van der Waals surface area contributed by atoms with Gasteiger partial charge >= 0.3 is 0 Å². The number of guanidine groups is 1.